The van der Waals surface area contributed by atoms with Crippen molar-refractivity contribution in [1.82, 2.24) is 24.6 Å². The van der Waals surface area contributed by atoms with Crippen LogP contribution in [0.4, 0.5) is 0 Å². The number of carbonyl (C=O) groups is 1. The van der Waals surface area contributed by atoms with Crippen molar-refractivity contribution in [1.29, 1.82) is 0 Å². The Balaban J connectivity index is -0.000000165. The highest BCUT2D eigenvalue weighted by Gasteiger charge is 2.13. The molecule has 0 aliphatic rings. The molecule has 0 amide bonds. The van der Waals surface area contributed by atoms with E-state index in [1.807, 2.05) is 0 Å². The topological polar surface area (TPSA) is 294 Å². The fraction of sp³-hybridized carbons (Fsp3) is 0.971. The van der Waals surface area contributed by atoms with E-state index in [1.54, 1.807) is 20.8 Å². The van der Waals surface area contributed by atoms with Crippen LogP contribution in [0.3, 0.4) is 0 Å². The quantitative estimate of drug-likeness (QED) is 0.0645. The molecule has 0 saturated carbocycles. The molecule has 0 rings (SSSR count). The van der Waals surface area contributed by atoms with Crippen molar-refractivity contribution in [2.75, 3.05) is 39.6 Å². The first kappa shape index (κ1) is 63.7. The lowest BCUT2D eigenvalue weighted by Crippen LogP contribution is -2.31. The number of carboxylic acids is 1. The van der Waals surface area contributed by atoms with Crippen molar-refractivity contribution in [2.45, 2.75) is 175 Å². The number of quaternary nitrogens is 4. The van der Waals surface area contributed by atoms with Gasteiger partial charge in [-0.1, -0.05) is 150 Å². The number of carbonyl (C=O) groups excluding carboxylic acids is 1. The van der Waals surface area contributed by atoms with Gasteiger partial charge in [0.15, 0.2) is 0 Å². The van der Waals surface area contributed by atoms with Crippen LogP contribution in [0.15, 0.2) is 0 Å². The third kappa shape index (κ3) is 74.1. The third-order valence-electron chi connectivity index (χ3n) is 6.32. The molecule has 0 heterocycles. The van der Waals surface area contributed by atoms with Crippen LogP contribution in [-0.4, -0.2) is 62.9 Å². The normalized spacial score (nSPS) is 10.7. The van der Waals surface area contributed by atoms with E-state index in [2.05, 4.69) is 13.8 Å². The zero-order chi connectivity index (χ0) is 32.5. The van der Waals surface area contributed by atoms with Crippen LogP contribution in [0.2, 0.25) is 0 Å². The van der Waals surface area contributed by atoms with Gasteiger partial charge in [-0.05, 0) is 12.8 Å². The maximum absolute atomic E-state index is 10.6. The summed E-state index contributed by atoms with van der Waals surface area (Å²) in [7, 11) is 0. The van der Waals surface area contributed by atoms with Crippen molar-refractivity contribution in [3.8, 4) is 0 Å². The van der Waals surface area contributed by atoms with E-state index in [0.717, 1.165) is 32.1 Å². The number of aliphatic carboxylic acids is 1. The molecule has 0 saturated heterocycles. The number of carboxylic acid groups (broad SMARTS) is 1. The van der Waals surface area contributed by atoms with Gasteiger partial charge in [-0.2, -0.15) is 0 Å². The first-order valence-corrected chi connectivity index (χ1v) is 17.2. The fourth-order valence-electron chi connectivity index (χ4n) is 4.19. The highest BCUT2D eigenvalue weighted by Crippen LogP contribution is 2.15. The molecule has 0 aromatic heterocycles. The molecule has 46 heavy (non-hydrogen) atoms. The molecule has 0 aliphatic heterocycles. The Bertz CT molecular complexity index is 466. The standard InChI is InChI=1S/C28H56O5.3C2H5O.4H3N/c1-3-5-7-9-11-13-15-17-19-21-26(29)23-33-27(24-32-25-28(30)31)22-20-18-16-14-12-10-8-6-4-2;3*1-2-3;;;;/h26-27,29H,3-25H2,1-2H3,(H,30,31);3*2H2,1H3;4*1H3/q;3*-1;;;;/p+3. The molecule has 0 fully saturated rings. The first-order chi connectivity index (χ1) is 20.3. The SMILES string of the molecule is CCCCCCCCCCCC(O)COC(CCCCCCCCCCC)COCC(=O)[O-].CC[O-].CC[O-].CC[O-].[NH4+].[NH4+].[NH4+].[NH4+]. The van der Waals surface area contributed by atoms with E-state index in [-0.39, 0.29) is 57.1 Å². The number of aliphatic hydroxyl groups is 1. The lowest BCUT2D eigenvalue weighted by Gasteiger charge is -2.20. The first-order valence-electron chi connectivity index (χ1n) is 17.2. The minimum absolute atomic E-state index is 0. The van der Waals surface area contributed by atoms with Gasteiger partial charge < -0.3 is 64.4 Å². The molecule has 0 aromatic rings. The maximum atomic E-state index is 10.6. The van der Waals surface area contributed by atoms with Crippen LogP contribution in [0.1, 0.15) is 163 Å². The number of ether oxygens (including phenoxy) is 2. The Morgan fingerprint density at radius 3 is 1.17 bits per heavy atom. The smallest absolute Gasteiger partial charge is 0.0862 e. The molecule has 0 aliphatic carbocycles. The van der Waals surface area contributed by atoms with Crippen LogP contribution in [-0.2, 0) is 14.3 Å². The molecule has 0 spiro atoms. The van der Waals surface area contributed by atoms with E-state index in [9.17, 15) is 15.0 Å². The minimum Gasteiger partial charge on any atom is -0.855 e. The Kier molecular flexibility index (Phi) is 87.0. The minimum atomic E-state index is -1.21. The summed E-state index contributed by atoms with van der Waals surface area (Å²) in [5.74, 6) is -1.21. The van der Waals surface area contributed by atoms with Crippen molar-refractivity contribution >= 4 is 5.97 Å². The number of hydrogen-bond acceptors (Lipinski definition) is 8. The second-order valence-corrected chi connectivity index (χ2v) is 10.6. The maximum Gasteiger partial charge on any atom is 0.0862 e. The van der Waals surface area contributed by atoms with Gasteiger partial charge in [-0.15, -0.1) is 19.8 Å². The Hall–Kier alpha value is -0.930. The molecule has 2 unspecified atom stereocenters. The van der Waals surface area contributed by atoms with Gasteiger partial charge in [0.1, 0.15) is 0 Å². The molecule has 12 heteroatoms. The summed E-state index contributed by atoms with van der Waals surface area (Å²) >= 11 is 0. The number of aliphatic hydroxyl groups excluding tert-OH is 1. The second-order valence-electron chi connectivity index (χ2n) is 10.6. The van der Waals surface area contributed by atoms with E-state index in [1.165, 1.54) is 96.3 Å². The molecular formula is C34H86N4O8. The van der Waals surface area contributed by atoms with E-state index in [4.69, 9.17) is 24.8 Å². The molecule has 290 valence electrons. The van der Waals surface area contributed by atoms with E-state index < -0.39 is 18.7 Å². The van der Waals surface area contributed by atoms with Crippen molar-refractivity contribution in [3.63, 3.8) is 0 Å². The van der Waals surface area contributed by atoms with Gasteiger partial charge in [0.25, 0.3) is 0 Å². The second kappa shape index (κ2) is 62.8. The number of hydrogen-bond donors (Lipinski definition) is 5. The molecule has 0 radical (unpaired) electrons. The molecule has 0 bridgehead atoms. The van der Waals surface area contributed by atoms with Crippen molar-refractivity contribution < 1.29 is 39.8 Å². The largest absolute Gasteiger partial charge is 0.855 e. The van der Waals surface area contributed by atoms with Crippen LogP contribution < -0.4 is 45.0 Å². The molecule has 0 aromatic carbocycles. The van der Waals surface area contributed by atoms with Crippen LogP contribution in [0.5, 0.6) is 0 Å². The Morgan fingerprint density at radius 1 is 0.543 bits per heavy atom. The lowest BCUT2D eigenvalue weighted by atomic mass is 10.0. The summed E-state index contributed by atoms with van der Waals surface area (Å²) < 4.78 is 11.1. The van der Waals surface area contributed by atoms with Crippen molar-refractivity contribution in [2.24, 2.45) is 0 Å². The molecule has 2 atom stereocenters. The molecular weight excluding hydrogens is 592 g/mol. The highest BCUT2D eigenvalue weighted by atomic mass is 16.5. The summed E-state index contributed by atoms with van der Waals surface area (Å²) in [6.45, 7) is 9.34. The summed E-state index contributed by atoms with van der Waals surface area (Å²) in [4.78, 5) is 10.6. The van der Waals surface area contributed by atoms with Gasteiger partial charge in [0.05, 0.1) is 38.0 Å². The Labute approximate surface area is 285 Å². The predicted molar refractivity (Wildman–Crippen MR) is 191 cm³/mol. The zero-order valence-corrected chi connectivity index (χ0v) is 32.3. The Morgan fingerprint density at radius 2 is 0.848 bits per heavy atom. The fourth-order valence-corrected chi connectivity index (χ4v) is 4.19. The van der Waals surface area contributed by atoms with Gasteiger partial charge >= 0.3 is 0 Å². The van der Waals surface area contributed by atoms with Gasteiger partial charge in [-0.25, -0.2) is 0 Å². The lowest BCUT2D eigenvalue weighted by molar-refractivity contribution is -0.362. The summed E-state index contributed by atoms with van der Waals surface area (Å²) in [6.07, 6.45) is 23.8. The zero-order valence-electron chi connectivity index (χ0n) is 32.3. The number of unbranched alkanes of at least 4 members (excludes halogenated alkanes) is 16. The van der Waals surface area contributed by atoms with Gasteiger partial charge in [0, 0.05) is 0 Å². The van der Waals surface area contributed by atoms with E-state index in [0.29, 0.717) is 6.61 Å². The van der Waals surface area contributed by atoms with Crippen LogP contribution in [0.25, 0.3) is 0 Å². The summed E-state index contributed by atoms with van der Waals surface area (Å²) in [5.41, 5.74) is 0. The van der Waals surface area contributed by atoms with Crippen LogP contribution >= 0.6 is 0 Å². The van der Waals surface area contributed by atoms with Gasteiger partial charge in [0.2, 0.25) is 0 Å². The van der Waals surface area contributed by atoms with E-state index >= 15 is 0 Å². The summed E-state index contributed by atoms with van der Waals surface area (Å²) in [5, 5.41) is 47.7. The third-order valence-corrected chi connectivity index (χ3v) is 6.32. The summed E-state index contributed by atoms with van der Waals surface area (Å²) in [6, 6.07) is 0. The predicted octanol–water partition coefficient (Wildman–Crippen LogP) is 5.95. The average molecular weight is 679 g/mol. The molecule has 17 N–H and O–H groups in total. The monoisotopic (exact) mass is 679 g/mol. The highest BCUT2D eigenvalue weighted by molar-refractivity contribution is 5.65. The van der Waals surface area contributed by atoms with Crippen molar-refractivity contribution in [3.05, 3.63) is 0 Å². The number of rotatable bonds is 27. The average Bonchev–Trinajstić information content (AvgIpc) is 2.95. The molecule has 12 nitrogen and oxygen atoms in total. The van der Waals surface area contributed by atoms with Gasteiger partial charge in [-0.3, -0.25) is 0 Å². The van der Waals surface area contributed by atoms with Crippen LogP contribution in [0, 0.1) is 0 Å².